The van der Waals surface area contributed by atoms with E-state index in [1.165, 1.54) is 24.3 Å². The lowest BCUT2D eigenvalue weighted by Gasteiger charge is -2.06. The highest BCUT2D eigenvalue weighted by atomic mass is 79.9. The van der Waals surface area contributed by atoms with E-state index < -0.39 is 0 Å². The van der Waals surface area contributed by atoms with Gasteiger partial charge in [-0.3, -0.25) is 9.59 Å². The molecule has 0 saturated heterocycles. The summed E-state index contributed by atoms with van der Waals surface area (Å²) in [5.41, 5.74) is 1.22. The van der Waals surface area contributed by atoms with Gasteiger partial charge in [-0.05, 0) is 55.0 Å². The van der Waals surface area contributed by atoms with Crippen LogP contribution in [0.3, 0.4) is 0 Å². The Hall–Kier alpha value is -2.21. The normalized spacial score (nSPS) is 19.0. The molecule has 0 heterocycles. The lowest BCUT2D eigenvalue weighted by atomic mass is 10.2. The molecule has 2 unspecified atom stereocenters. The van der Waals surface area contributed by atoms with Crippen LogP contribution < -0.4 is 10.6 Å². The van der Waals surface area contributed by atoms with Gasteiger partial charge in [-0.1, -0.05) is 15.9 Å². The molecule has 23 heavy (non-hydrogen) atoms. The first-order chi connectivity index (χ1) is 11.0. The molecule has 118 valence electrons. The summed E-state index contributed by atoms with van der Waals surface area (Å²) in [6.07, 6.45) is 0.523. The van der Waals surface area contributed by atoms with Crippen LogP contribution in [0.15, 0.2) is 53.0 Å². The number of carbonyl (C=O) groups excluding carboxylic acids is 2. The van der Waals surface area contributed by atoms with Crippen LogP contribution >= 0.6 is 15.9 Å². The summed E-state index contributed by atoms with van der Waals surface area (Å²) in [6, 6.07) is 12.8. The standard InChI is InChI=1S/C17H14BrFN2O2/c18-10-1-5-12(6-2-10)20-16(22)14-9-15(14)17(23)21-13-7-3-11(19)4-8-13/h1-8,14-15H,9H2,(H,20,22)(H,21,23). The zero-order valence-electron chi connectivity index (χ0n) is 12.1. The van der Waals surface area contributed by atoms with Gasteiger partial charge in [0.15, 0.2) is 0 Å². The minimum atomic E-state index is -0.360. The van der Waals surface area contributed by atoms with E-state index in [4.69, 9.17) is 0 Å². The topological polar surface area (TPSA) is 58.2 Å². The Labute approximate surface area is 141 Å². The highest BCUT2D eigenvalue weighted by Crippen LogP contribution is 2.40. The summed E-state index contributed by atoms with van der Waals surface area (Å²) in [5.74, 6) is -1.39. The van der Waals surface area contributed by atoms with Crippen LogP contribution in [0.1, 0.15) is 6.42 Å². The number of anilines is 2. The van der Waals surface area contributed by atoms with Crippen molar-refractivity contribution in [2.45, 2.75) is 6.42 Å². The molecule has 4 nitrogen and oxygen atoms in total. The van der Waals surface area contributed by atoms with Gasteiger partial charge in [0, 0.05) is 15.8 Å². The predicted molar refractivity (Wildman–Crippen MR) is 89.4 cm³/mol. The van der Waals surface area contributed by atoms with Crippen LogP contribution in [0.2, 0.25) is 0 Å². The molecule has 0 aromatic heterocycles. The van der Waals surface area contributed by atoms with Crippen molar-refractivity contribution in [3.05, 3.63) is 58.8 Å². The van der Waals surface area contributed by atoms with Gasteiger partial charge in [0.2, 0.25) is 11.8 Å². The van der Waals surface area contributed by atoms with Gasteiger partial charge in [0.25, 0.3) is 0 Å². The molecule has 3 rings (SSSR count). The third-order valence-corrected chi connectivity index (χ3v) is 4.22. The lowest BCUT2D eigenvalue weighted by Crippen LogP contribution is -2.20. The monoisotopic (exact) mass is 376 g/mol. The van der Waals surface area contributed by atoms with Crippen LogP contribution in [0.5, 0.6) is 0 Å². The number of rotatable bonds is 4. The summed E-state index contributed by atoms with van der Waals surface area (Å²) in [7, 11) is 0. The summed E-state index contributed by atoms with van der Waals surface area (Å²) < 4.78 is 13.8. The van der Waals surface area contributed by atoms with Gasteiger partial charge in [-0.2, -0.15) is 0 Å². The summed E-state index contributed by atoms with van der Waals surface area (Å²) in [5, 5.41) is 5.49. The molecule has 0 radical (unpaired) electrons. The third kappa shape index (κ3) is 3.96. The molecule has 2 atom stereocenters. The Bertz CT molecular complexity index is 668. The molecule has 2 N–H and O–H groups in total. The number of hydrogen-bond donors (Lipinski definition) is 2. The first-order valence-electron chi connectivity index (χ1n) is 7.16. The van der Waals surface area contributed by atoms with Crippen molar-refractivity contribution in [3.8, 4) is 0 Å². The van der Waals surface area contributed by atoms with E-state index in [2.05, 4.69) is 26.6 Å². The van der Waals surface area contributed by atoms with E-state index in [0.717, 1.165) is 4.47 Å². The average Bonchev–Trinajstić information content (AvgIpc) is 3.33. The first kappa shape index (κ1) is 15.7. The number of amides is 2. The second-order valence-electron chi connectivity index (χ2n) is 5.44. The molecule has 0 aliphatic heterocycles. The number of halogens is 2. The zero-order valence-corrected chi connectivity index (χ0v) is 13.6. The summed E-state index contributed by atoms with van der Waals surface area (Å²) in [4.78, 5) is 24.2. The Morgan fingerprint density at radius 1 is 0.870 bits per heavy atom. The number of nitrogens with one attached hydrogen (secondary N) is 2. The number of benzene rings is 2. The van der Waals surface area contributed by atoms with Crippen molar-refractivity contribution in [2.24, 2.45) is 11.8 Å². The van der Waals surface area contributed by atoms with Crippen molar-refractivity contribution >= 4 is 39.1 Å². The number of hydrogen-bond acceptors (Lipinski definition) is 2. The molecular weight excluding hydrogens is 363 g/mol. The fourth-order valence-corrected chi connectivity index (χ4v) is 2.58. The molecule has 2 aromatic rings. The minimum Gasteiger partial charge on any atom is -0.326 e. The smallest absolute Gasteiger partial charge is 0.228 e. The Morgan fingerprint density at radius 3 is 1.78 bits per heavy atom. The molecule has 1 aliphatic rings. The molecule has 1 fully saturated rings. The van der Waals surface area contributed by atoms with Crippen LogP contribution in [-0.2, 0) is 9.59 Å². The van der Waals surface area contributed by atoms with Crippen molar-refractivity contribution in [3.63, 3.8) is 0 Å². The predicted octanol–water partition coefficient (Wildman–Crippen LogP) is 3.80. The highest BCUT2D eigenvalue weighted by Gasteiger charge is 2.48. The third-order valence-electron chi connectivity index (χ3n) is 3.69. The largest absolute Gasteiger partial charge is 0.326 e. The van der Waals surface area contributed by atoms with E-state index in [-0.39, 0.29) is 29.5 Å². The van der Waals surface area contributed by atoms with Gasteiger partial charge in [-0.15, -0.1) is 0 Å². The van der Waals surface area contributed by atoms with Crippen molar-refractivity contribution < 1.29 is 14.0 Å². The van der Waals surface area contributed by atoms with E-state index in [1.54, 1.807) is 12.1 Å². The SMILES string of the molecule is O=C(Nc1ccc(F)cc1)C1CC1C(=O)Nc1ccc(Br)cc1. The molecule has 0 bridgehead atoms. The van der Waals surface area contributed by atoms with Crippen LogP contribution in [-0.4, -0.2) is 11.8 Å². The molecule has 0 spiro atoms. The van der Waals surface area contributed by atoms with Crippen LogP contribution in [0.25, 0.3) is 0 Å². The first-order valence-corrected chi connectivity index (χ1v) is 7.95. The van der Waals surface area contributed by atoms with E-state index in [1.807, 2.05) is 12.1 Å². The molecule has 1 saturated carbocycles. The maximum absolute atomic E-state index is 12.8. The van der Waals surface area contributed by atoms with E-state index in [0.29, 0.717) is 17.8 Å². The lowest BCUT2D eigenvalue weighted by molar-refractivity contribution is -0.122. The highest BCUT2D eigenvalue weighted by molar-refractivity contribution is 9.10. The summed E-state index contributed by atoms with van der Waals surface area (Å²) >= 11 is 3.33. The van der Waals surface area contributed by atoms with Gasteiger partial charge in [0.1, 0.15) is 5.82 Å². The minimum absolute atomic E-state index is 0.161. The Balaban J connectivity index is 1.53. The van der Waals surface area contributed by atoms with Gasteiger partial charge in [-0.25, -0.2) is 4.39 Å². The van der Waals surface area contributed by atoms with Gasteiger partial charge in [0.05, 0.1) is 11.8 Å². The van der Waals surface area contributed by atoms with Crippen molar-refractivity contribution in [2.75, 3.05) is 10.6 Å². The molecule has 2 aromatic carbocycles. The van der Waals surface area contributed by atoms with Crippen molar-refractivity contribution in [1.29, 1.82) is 0 Å². The van der Waals surface area contributed by atoms with Gasteiger partial charge < -0.3 is 10.6 Å². The average molecular weight is 377 g/mol. The fraction of sp³-hybridized carbons (Fsp3) is 0.176. The van der Waals surface area contributed by atoms with Crippen LogP contribution in [0, 0.1) is 17.7 Å². The molecular formula is C17H14BrFN2O2. The fourth-order valence-electron chi connectivity index (χ4n) is 2.31. The van der Waals surface area contributed by atoms with Crippen molar-refractivity contribution in [1.82, 2.24) is 0 Å². The quantitative estimate of drug-likeness (QED) is 0.852. The molecule has 2 amide bonds. The second kappa shape index (κ2) is 6.50. The summed E-state index contributed by atoms with van der Waals surface area (Å²) in [6.45, 7) is 0. The maximum atomic E-state index is 12.8. The van der Waals surface area contributed by atoms with Gasteiger partial charge >= 0.3 is 0 Å². The second-order valence-corrected chi connectivity index (χ2v) is 6.36. The maximum Gasteiger partial charge on any atom is 0.228 e. The molecule has 6 heteroatoms. The molecule has 1 aliphatic carbocycles. The van der Waals surface area contributed by atoms with E-state index in [9.17, 15) is 14.0 Å². The van der Waals surface area contributed by atoms with Crippen LogP contribution in [0.4, 0.5) is 15.8 Å². The Kier molecular flexibility index (Phi) is 4.43. The van der Waals surface area contributed by atoms with E-state index >= 15 is 0 Å². The number of carbonyl (C=O) groups is 2. The zero-order chi connectivity index (χ0) is 16.4. The Morgan fingerprint density at radius 2 is 1.30 bits per heavy atom.